The van der Waals surface area contributed by atoms with Crippen molar-refractivity contribution in [3.05, 3.63) is 22.1 Å². The molecule has 0 radical (unpaired) electrons. The molecule has 1 N–H and O–H groups in total. The molecule has 0 aromatic carbocycles. The van der Waals surface area contributed by atoms with Crippen molar-refractivity contribution < 1.29 is 14.9 Å². The van der Waals surface area contributed by atoms with E-state index in [0.29, 0.717) is 24.5 Å². The maximum Gasteiger partial charge on any atom is 0.342 e. The lowest BCUT2D eigenvalue weighted by Gasteiger charge is -2.39. The van der Waals surface area contributed by atoms with Crippen LogP contribution in [0.2, 0.25) is 0 Å². The molecule has 2 heterocycles. The van der Waals surface area contributed by atoms with Crippen molar-refractivity contribution >= 4 is 12.0 Å². The van der Waals surface area contributed by atoms with Gasteiger partial charge in [0.05, 0.1) is 7.05 Å². The van der Waals surface area contributed by atoms with E-state index in [1.165, 1.54) is 24.3 Å². The second-order valence-electron chi connectivity index (χ2n) is 6.30. The van der Waals surface area contributed by atoms with E-state index >= 15 is 0 Å². The molecular formula is C15H25N5O4. The van der Waals surface area contributed by atoms with Crippen molar-refractivity contribution in [2.24, 2.45) is 12.2 Å². The number of likely N-dealkylation sites (tertiary alicyclic amines) is 1. The van der Waals surface area contributed by atoms with E-state index in [9.17, 15) is 15.2 Å². The van der Waals surface area contributed by atoms with Gasteiger partial charge in [-0.25, -0.2) is 9.55 Å². The number of β-amino-alcohol motifs (C(OH)–C–C–N with tert-alkyl or cyclic N) is 1. The predicted octanol–water partition coefficient (Wildman–Crippen LogP) is 1.30. The van der Waals surface area contributed by atoms with Gasteiger partial charge in [-0.05, 0) is 31.6 Å². The molecule has 1 fully saturated rings. The predicted molar refractivity (Wildman–Crippen MR) is 88.9 cm³/mol. The third-order valence-corrected chi connectivity index (χ3v) is 4.49. The Kier molecular flexibility index (Phi) is 6.27. The van der Waals surface area contributed by atoms with Crippen molar-refractivity contribution in [2.45, 2.75) is 51.3 Å². The molecule has 0 amide bonds. The van der Waals surface area contributed by atoms with Crippen LogP contribution in [0.5, 0.6) is 0 Å². The fourth-order valence-corrected chi connectivity index (χ4v) is 3.05. The molecule has 0 aliphatic carbocycles. The lowest BCUT2D eigenvalue weighted by molar-refractivity contribution is -0.391. The Morgan fingerprint density at radius 2 is 2.21 bits per heavy atom. The summed E-state index contributed by atoms with van der Waals surface area (Å²) in [6.07, 6.45) is 5.34. The van der Waals surface area contributed by atoms with Crippen LogP contribution in [0.1, 0.15) is 38.9 Å². The molecule has 3 atom stereocenters. The zero-order valence-electron chi connectivity index (χ0n) is 14.3. The fourth-order valence-electron chi connectivity index (χ4n) is 3.05. The monoisotopic (exact) mass is 339 g/mol. The number of nitrogens with zero attached hydrogens (tertiary/aromatic N) is 5. The van der Waals surface area contributed by atoms with Crippen LogP contribution in [0.25, 0.3) is 0 Å². The normalized spacial score (nSPS) is 23.5. The zero-order valence-corrected chi connectivity index (χ0v) is 14.3. The summed E-state index contributed by atoms with van der Waals surface area (Å²) in [5.74, 6) is 0.194. The number of nitro groups is 1. The molecule has 1 aliphatic heterocycles. The number of hydrogen-bond donors (Lipinski definition) is 1. The largest absolute Gasteiger partial charge is 0.393 e. The first-order valence-corrected chi connectivity index (χ1v) is 8.15. The topological polar surface area (TPSA) is 106 Å². The maximum atomic E-state index is 10.7. The minimum absolute atomic E-state index is 0.0684. The smallest absolute Gasteiger partial charge is 0.342 e. The Labute approximate surface area is 141 Å². The summed E-state index contributed by atoms with van der Waals surface area (Å²) >= 11 is 0. The van der Waals surface area contributed by atoms with Gasteiger partial charge in [0.15, 0.2) is 0 Å². The average molecular weight is 339 g/mol. The summed E-state index contributed by atoms with van der Waals surface area (Å²) in [4.78, 5) is 21.5. The molecule has 1 aromatic rings. The quantitative estimate of drug-likeness (QED) is 0.456. The summed E-state index contributed by atoms with van der Waals surface area (Å²) in [5, 5.41) is 24.6. The molecule has 1 aliphatic rings. The van der Waals surface area contributed by atoms with E-state index in [0.717, 1.165) is 19.0 Å². The van der Waals surface area contributed by atoms with Crippen molar-refractivity contribution in [3.8, 4) is 0 Å². The number of imidazole rings is 1. The van der Waals surface area contributed by atoms with Crippen LogP contribution in [-0.4, -0.2) is 62.0 Å². The van der Waals surface area contributed by atoms with Gasteiger partial charge in [-0.1, -0.05) is 11.6 Å². The van der Waals surface area contributed by atoms with Gasteiger partial charge in [0.25, 0.3) is 0 Å². The first-order chi connectivity index (χ1) is 11.4. The van der Waals surface area contributed by atoms with Gasteiger partial charge >= 0.3 is 5.82 Å². The highest BCUT2D eigenvalue weighted by Crippen LogP contribution is 2.22. The number of rotatable bonds is 7. The highest BCUT2D eigenvalue weighted by Gasteiger charge is 2.26. The molecule has 0 bridgehead atoms. The summed E-state index contributed by atoms with van der Waals surface area (Å²) in [7, 11) is 1.53. The third kappa shape index (κ3) is 4.51. The van der Waals surface area contributed by atoms with Gasteiger partial charge < -0.3 is 20.1 Å². The SMILES string of the molecule is CC1CCCC(C)N1CC(O)CON=Cc1ncc([N+](=O)[O-])n1C. The van der Waals surface area contributed by atoms with Gasteiger partial charge in [-0.3, -0.25) is 4.90 Å². The Balaban J connectivity index is 1.80. The lowest BCUT2D eigenvalue weighted by Crippen LogP contribution is -2.48. The molecule has 1 saturated heterocycles. The highest BCUT2D eigenvalue weighted by molar-refractivity contribution is 5.74. The lowest BCUT2D eigenvalue weighted by atomic mass is 9.97. The molecule has 9 heteroatoms. The number of oxime groups is 1. The second kappa shape index (κ2) is 8.20. The van der Waals surface area contributed by atoms with E-state index < -0.39 is 11.0 Å². The van der Waals surface area contributed by atoms with Crippen LogP contribution in [0, 0.1) is 10.1 Å². The van der Waals surface area contributed by atoms with Crippen molar-refractivity contribution in [1.82, 2.24) is 14.5 Å². The van der Waals surface area contributed by atoms with E-state index in [1.54, 1.807) is 0 Å². The molecule has 24 heavy (non-hydrogen) atoms. The molecule has 2 rings (SSSR count). The minimum Gasteiger partial charge on any atom is -0.393 e. The standard InChI is InChI=1S/C15H25N5O4/c1-11-5-4-6-12(2)19(11)9-13(21)10-24-17-7-14-16-8-15(18(14)3)20(22)23/h7-8,11-13,21H,4-6,9-10H2,1-3H3. The molecule has 0 saturated carbocycles. The van der Waals surface area contributed by atoms with Crippen LogP contribution in [0.3, 0.4) is 0 Å². The van der Waals surface area contributed by atoms with E-state index in [1.807, 2.05) is 0 Å². The number of aliphatic hydroxyl groups is 1. The van der Waals surface area contributed by atoms with Crippen molar-refractivity contribution in [2.75, 3.05) is 13.2 Å². The van der Waals surface area contributed by atoms with Crippen LogP contribution >= 0.6 is 0 Å². The number of aromatic nitrogens is 2. The summed E-state index contributed by atoms with van der Waals surface area (Å²) in [5.41, 5.74) is 0. The highest BCUT2D eigenvalue weighted by atomic mass is 16.6. The van der Waals surface area contributed by atoms with Crippen LogP contribution in [0.4, 0.5) is 5.82 Å². The first kappa shape index (κ1) is 18.3. The molecule has 9 nitrogen and oxygen atoms in total. The second-order valence-corrected chi connectivity index (χ2v) is 6.30. The first-order valence-electron chi connectivity index (χ1n) is 8.15. The van der Waals surface area contributed by atoms with Crippen LogP contribution in [-0.2, 0) is 11.9 Å². The van der Waals surface area contributed by atoms with E-state index in [-0.39, 0.29) is 12.4 Å². The summed E-state index contributed by atoms with van der Waals surface area (Å²) < 4.78 is 1.31. The van der Waals surface area contributed by atoms with Crippen molar-refractivity contribution in [1.29, 1.82) is 0 Å². The van der Waals surface area contributed by atoms with Gasteiger partial charge in [0, 0.05) is 18.6 Å². The van der Waals surface area contributed by atoms with Gasteiger partial charge in [0.1, 0.15) is 25.1 Å². The van der Waals surface area contributed by atoms with Gasteiger partial charge in [0.2, 0.25) is 5.82 Å². The summed E-state index contributed by atoms with van der Waals surface area (Å²) in [6.45, 7) is 4.97. The molecule has 0 spiro atoms. The summed E-state index contributed by atoms with van der Waals surface area (Å²) in [6, 6.07) is 0.917. The molecule has 3 unspecified atom stereocenters. The van der Waals surface area contributed by atoms with Gasteiger partial charge in [-0.15, -0.1) is 0 Å². The van der Waals surface area contributed by atoms with Crippen molar-refractivity contribution in [3.63, 3.8) is 0 Å². The maximum absolute atomic E-state index is 10.7. The van der Waals surface area contributed by atoms with E-state index in [2.05, 4.69) is 28.9 Å². The van der Waals surface area contributed by atoms with Crippen LogP contribution < -0.4 is 0 Å². The van der Waals surface area contributed by atoms with Crippen LogP contribution in [0.15, 0.2) is 11.4 Å². The molecular weight excluding hydrogens is 314 g/mol. The fraction of sp³-hybridized carbons (Fsp3) is 0.733. The number of piperidine rings is 1. The van der Waals surface area contributed by atoms with Gasteiger partial charge in [-0.2, -0.15) is 0 Å². The third-order valence-electron chi connectivity index (χ3n) is 4.49. The Bertz CT molecular complexity index is 578. The Morgan fingerprint density at radius 1 is 1.54 bits per heavy atom. The Hall–Kier alpha value is -2.00. The minimum atomic E-state index is -0.638. The molecule has 134 valence electrons. The van der Waals surface area contributed by atoms with E-state index in [4.69, 9.17) is 4.84 Å². The average Bonchev–Trinajstić information content (AvgIpc) is 2.89. The Morgan fingerprint density at radius 3 is 2.79 bits per heavy atom. The molecule has 1 aromatic heterocycles. The number of aliphatic hydroxyl groups excluding tert-OH is 1. The zero-order chi connectivity index (χ0) is 17.7. The number of hydrogen-bond acceptors (Lipinski definition) is 7.